The van der Waals surface area contributed by atoms with E-state index >= 15 is 0 Å². The van der Waals surface area contributed by atoms with Crippen molar-refractivity contribution >= 4 is 17.6 Å². The van der Waals surface area contributed by atoms with Gasteiger partial charge in [-0.05, 0) is 12.7 Å². The Kier molecular flexibility index (Phi) is 7.57. The van der Waals surface area contributed by atoms with Crippen molar-refractivity contribution in [3.8, 4) is 5.88 Å². The van der Waals surface area contributed by atoms with Gasteiger partial charge in [-0.15, -0.1) is 0 Å². The van der Waals surface area contributed by atoms with Gasteiger partial charge in [0.05, 0.1) is 6.61 Å². The minimum absolute atomic E-state index is 0.465. The van der Waals surface area contributed by atoms with Crippen molar-refractivity contribution in [3.05, 3.63) is 6.07 Å². The van der Waals surface area contributed by atoms with Crippen molar-refractivity contribution in [1.82, 2.24) is 9.97 Å². The fourth-order valence-electron chi connectivity index (χ4n) is 1.65. The number of aromatic nitrogens is 2. The molecular formula is C13H23N3OS. The summed E-state index contributed by atoms with van der Waals surface area (Å²) in [6, 6.07) is 1.68. The highest BCUT2D eigenvalue weighted by atomic mass is 32.2. The molecule has 1 aromatic heterocycles. The number of ether oxygens (including phenoxy) is 1. The van der Waals surface area contributed by atoms with Gasteiger partial charge in [-0.1, -0.05) is 50.8 Å². The number of nitrogens with zero attached hydrogens (tertiary/aromatic N) is 2. The quantitative estimate of drug-likeness (QED) is 0.422. The smallest absolute Gasteiger partial charge is 0.219 e. The Bertz CT molecular complexity index is 347. The molecule has 0 amide bonds. The summed E-state index contributed by atoms with van der Waals surface area (Å²) in [4.78, 5) is 8.33. The third-order valence-corrected chi connectivity index (χ3v) is 3.18. The first-order chi connectivity index (χ1) is 8.76. The lowest BCUT2D eigenvalue weighted by Gasteiger charge is -2.06. The Labute approximate surface area is 114 Å². The molecule has 1 rings (SSSR count). The van der Waals surface area contributed by atoms with Crippen LogP contribution in [0.1, 0.15) is 45.4 Å². The molecule has 0 unspecified atom stereocenters. The van der Waals surface area contributed by atoms with Gasteiger partial charge in [0.15, 0.2) is 5.16 Å². The van der Waals surface area contributed by atoms with Gasteiger partial charge in [0.25, 0.3) is 0 Å². The first-order valence-corrected chi connectivity index (χ1v) is 7.80. The Morgan fingerprint density at radius 1 is 1.17 bits per heavy atom. The monoisotopic (exact) mass is 269 g/mol. The van der Waals surface area contributed by atoms with Crippen molar-refractivity contribution in [1.29, 1.82) is 0 Å². The van der Waals surface area contributed by atoms with Crippen LogP contribution in [0.25, 0.3) is 0 Å². The van der Waals surface area contributed by atoms with Crippen LogP contribution in [0.2, 0.25) is 0 Å². The molecule has 0 saturated carbocycles. The van der Waals surface area contributed by atoms with Crippen molar-refractivity contribution in [3.63, 3.8) is 0 Å². The standard InChI is InChI=1S/C13H23N3OS/c1-3-4-5-6-7-8-9-17-12-10-11(14)15-13(16-12)18-2/h10H,3-9H2,1-2H3,(H2,14,15,16). The molecular weight excluding hydrogens is 246 g/mol. The molecule has 0 atom stereocenters. The van der Waals surface area contributed by atoms with Gasteiger partial charge in [-0.2, -0.15) is 4.98 Å². The summed E-state index contributed by atoms with van der Waals surface area (Å²) in [7, 11) is 0. The zero-order valence-electron chi connectivity index (χ0n) is 11.3. The molecule has 0 aliphatic rings. The number of nitrogen functional groups attached to an aromatic ring is 1. The van der Waals surface area contributed by atoms with Gasteiger partial charge in [0.1, 0.15) is 5.82 Å². The summed E-state index contributed by atoms with van der Waals surface area (Å²) in [5.74, 6) is 1.05. The third-order valence-electron chi connectivity index (χ3n) is 2.63. The van der Waals surface area contributed by atoms with E-state index in [9.17, 15) is 0 Å². The van der Waals surface area contributed by atoms with E-state index in [1.165, 1.54) is 43.9 Å². The second-order valence-electron chi connectivity index (χ2n) is 4.23. The number of nitrogens with two attached hydrogens (primary N) is 1. The maximum atomic E-state index is 5.68. The van der Waals surface area contributed by atoms with Crippen LogP contribution in [-0.2, 0) is 0 Å². The molecule has 0 bridgehead atoms. The van der Waals surface area contributed by atoms with Gasteiger partial charge >= 0.3 is 0 Å². The van der Waals surface area contributed by atoms with Gasteiger partial charge in [0, 0.05) is 6.07 Å². The van der Waals surface area contributed by atoms with Crippen LogP contribution in [-0.4, -0.2) is 22.8 Å². The molecule has 1 aromatic rings. The Hall–Kier alpha value is -0.970. The lowest BCUT2D eigenvalue weighted by atomic mass is 10.1. The molecule has 5 heteroatoms. The molecule has 2 N–H and O–H groups in total. The van der Waals surface area contributed by atoms with Crippen molar-refractivity contribution in [2.24, 2.45) is 0 Å². The largest absolute Gasteiger partial charge is 0.478 e. The molecule has 0 fully saturated rings. The number of hydrogen-bond donors (Lipinski definition) is 1. The topological polar surface area (TPSA) is 61.0 Å². The second-order valence-corrected chi connectivity index (χ2v) is 5.01. The van der Waals surface area contributed by atoms with Crippen molar-refractivity contribution in [2.45, 2.75) is 50.6 Å². The lowest BCUT2D eigenvalue weighted by Crippen LogP contribution is -2.02. The molecule has 1 heterocycles. The molecule has 102 valence electrons. The molecule has 4 nitrogen and oxygen atoms in total. The minimum Gasteiger partial charge on any atom is -0.478 e. The van der Waals surface area contributed by atoms with Crippen LogP contribution in [0.3, 0.4) is 0 Å². The predicted octanol–water partition coefficient (Wildman–Crippen LogP) is 3.52. The highest BCUT2D eigenvalue weighted by molar-refractivity contribution is 7.98. The van der Waals surface area contributed by atoms with Crippen LogP contribution in [0.5, 0.6) is 5.88 Å². The van der Waals surface area contributed by atoms with E-state index in [4.69, 9.17) is 10.5 Å². The average Bonchev–Trinajstić information content (AvgIpc) is 2.37. The van der Waals surface area contributed by atoms with Crippen LogP contribution in [0, 0.1) is 0 Å². The van der Waals surface area contributed by atoms with Gasteiger partial charge < -0.3 is 10.5 Å². The number of unbranched alkanes of at least 4 members (excludes halogenated alkanes) is 5. The van der Waals surface area contributed by atoms with E-state index in [-0.39, 0.29) is 0 Å². The highest BCUT2D eigenvalue weighted by Gasteiger charge is 2.02. The first-order valence-electron chi connectivity index (χ1n) is 6.57. The normalized spacial score (nSPS) is 10.6. The number of anilines is 1. The first kappa shape index (κ1) is 15.1. The molecule has 0 saturated heterocycles. The number of rotatable bonds is 9. The summed E-state index contributed by atoms with van der Waals surface area (Å²) in [6.45, 7) is 2.93. The summed E-state index contributed by atoms with van der Waals surface area (Å²) in [6.07, 6.45) is 9.45. The molecule has 18 heavy (non-hydrogen) atoms. The van der Waals surface area contributed by atoms with E-state index in [2.05, 4.69) is 16.9 Å². The van der Waals surface area contributed by atoms with Crippen LogP contribution < -0.4 is 10.5 Å². The lowest BCUT2D eigenvalue weighted by molar-refractivity contribution is 0.290. The van der Waals surface area contributed by atoms with Crippen LogP contribution in [0.4, 0.5) is 5.82 Å². The summed E-state index contributed by atoms with van der Waals surface area (Å²) < 4.78 is 5.59. The third kappa shape index (κ3) is 6.10. The number of hydrogen-bond acceptors (Lipinski definition) is 5. The Morgan fingerprint density at radius 2 is 1.89 bits per heavy atom. The minimum atomic E-state index is 0.465. The fourth-order valence-corrected chi connectivity index (χ4v) is 2.02. The Morgan fingerprint density at radius 3 is 2.61 bits per heavy atom. The molecule has 0 radical (unpaired) electrons. The zero-order chi connectivity index (χ0) is 13.2. The SMILES string of the molecule is CCCCCCCCOc1cc(N)nc(SC)n1. The predicted molar refractivity (Wildman–Crippen MR) is 77.1 cm³/mol. The van der Waals surface area contributed by atoms with Crippen molar-refractivity contribution in [2.75, 3.05) is 18.6 Å². The maximum absolute atomic E-state index is 5.68. The fraction of sp³-hybridized carbons (Fsp3) is 0.692. The average molecular weight is 269 g/mol. The number of thioether (sulfide) groups is 1. The van der Waals surface area contributed by atoms with Crippen LogP contribution in [0.15, 0.2) is 11.2 Å². The second kappa shape index (κ2) is 9.03. The highest BCUT2D eigenvalue weighted by Crippen LogP contribution is 2.17. The molecule has 0 spiro atoms. The van der Waals surface area contributed by atoms with E-state index < -0.39 is 0 Å². The summed E-state index contributed by atoms with van der Waals surface area (Å²) in [5, 5.41) is 0.660. The van der Waals surface area contributed by atoms with E-state index in [1.54, 1.807) is 6.07 Å². The van der Waals surface area contributed by atoms with Gasteiger partial charge in [0.2, 0.25) is 5.88 Å². The van der Waals surface area contributed by atoms with E-state index in [0.29, 0.717) is 23.5 Å². The zero-order valence-corrected chi connectivity index (χ0v) is 12.1. The van der Waals surface area contributed by atoms with Gasteiger partial charge in [-0.25, -0.2) is 4.98 Å². The summed E-state index contributed by atoms with van der Waals surface area (Å²) >= 11 is 1.47. The van der Waals surface area contributed by atoms with Crippen molar-refractivity contribution < 1.29 is 4.74 Å². The molecule has 0 aromatic carbocycles. The van der Waals surface area contributed by atoms with E-state index in [0.717, 1.165) is 6.42 Å². The van der Waals surface area contributed by atoms with E-state index in [1.807, 2.05) is 6.26 Å². The van der Waals surface area contributed by atoms with Gasteiger partial charge in [-0.3, -0.25) is 0 Å². The molecule has 0 aliphatic carbocycles. The molecule has 0 aliphatic heterocycles. The maximum Gasteiger partial charge on any atom is 0.219 e. The summed E-state index contributed by atoms with van der Waals surface area (Å²) in [5.41, 5.74) is 5.68. The van der Waals surface area contributed by atoms with Crippen LogP contribution >= 0.6 is 11.8 Å². The Balaban J connectivity index is 2.20.